The minimum absolute atomic E-state index is 0.00275. The first-order valence-corrected chi connectivity index (χ1v) is 7.12. The maximum atomic E-state index is 12.3. The highest BCUT2D eigenvalue weighted by atomic mass is 16.2. The number of amides is 3. The number of hydrogen-bond donors (Lipinski definition) is 1. The number of imide groups is 1. The van der Waals surface area contributed by atoms with Crippen LogP contribution in [0, 0.1) is 0 Å². The van der Waals surface area contributed by atoms with Gasteiger partial charge >= 0.3 is 0 Å². The monoisotopic (exact) mass is 287 g/mol. The predicted octanol–water partition coefficient (Wildman–Crippen LogP) is 0.877. The van der Waals surface area contributed by atoms with Crippen molar-refractivity contribution in [2.75, 3.05) is 25.4 Å². The van der Waals surface area contributed by atoms with Crippen LogP contribution < -0.4 is 5.73 Å². The average molecular weight is 287 g/mol. The third kappa shape index (κ3) is 2.26. The molecule has 1 fully saturated rings. The molecule has 2 aliphatic heterocycles. The van der Waals surface area contributed by atoms with Gasteiger partial charge in [-0.05, 0) is 25.0 Å². The molecule has 3 amide bonds. The summed E-state index contributed by atoms with van der Waals surface area (Å²) in [7, 11) is 0. The fraction of sp³-hybridized carbons (Fsp3) is 0.400. The van der Waals surface area contributed by atoms with Crippen LogP contribution in [0.25, 0.3) is 0 Å². The molecule has 6 nitrogen and oxygen atoms in total. The Morgan fingerprint density at radius 2 is 1.86 bits per heavy atom. The van der Waals surface area contributed by atoms with E-state index in [1.165, 1.54) is 0 Å². The van der Waals surface area contributed by atoms with Gasteiger partial charge in [0.25, 0.3) is 11.8 Å². The molecule has 2 aliphatic rings. The third-order valence-corrected chi connectivity index (χ3v) is 4.04. The molecule has 0 aromatic heterocycles. The van der Waals surface area contributed by atoms with E-state index in [2.05, 4.69) is 0 Å². The molecular weight excluding hydrogens is 270 g/mol. The van der Waals surface area contributed by atoms with Crippen molar-refractivity contribution >= 4 is 23.4 Å². The predicted molar refractivity (Wildman–Crippen MR) is 76.7 cm³/mol. The first-order chi connectivity index (χ1) is 10.1. The van der Waals surface area contributed by atoms with Crippen molar-refractivity contribution in [3.63, 3.8) is 0 Å². The van der Waals surface area contributed by atoms with Crippen molar-refractivity contribution in [1.29, 1.82) is 0 Å². The van der Waals surface area contributed by atoms with Gasteiger partial charge in [-0.25, -0.2) is 0 Å². The normalized spacial score (nSPS) is 17.5. The van der Waals surface area contributed by atoms with Gasteiger partial charge in [-0.1, -0.05) is 6.07 Å². The lowest BCUT2D eigenvalue weighted by Crippen LogP contribution is -2.35. The van der Waals surface area contributed by atoms with Gasteiger partial charge < -0.3 is 10.6 Å². The van der Waals surface area contributed by atoms with Crippen molar-refractivity contribution < 1.29 is 14.4 Å². The van der Waals surface area contributed by atoms with Gasteiger partial charge in [0.05, 0.1) is 11.1 Å². The number of nitrogens with zero attached hydrogens (tertiary/aromatic N) is 2. The van der Waals surface area contributed by atoms with Gasteiger partial charge in [-0.2, -0.15) is 0 Å². The third-order valence-electron chi connectivity index (χ3n) is 4.04. The molecular formula is C15H17N3O3. The highest BCUT2D eigenvalue weighted by molar-refractivity contribution is 6.23. The maximum Gasteiger partial charge on any atom is 0.263 e. The lowest BCUT2D eigenvalue weighted by molar-refractivity contribution is -0.130. The van der Waals surface area contributed by atoms with Gasteiger partial charge in [0.15, 0.2) is 0 Å². The Kier molecular flexibility index (Phi) is 3.37. The van der Waals surface area contributed by atoms with E-state index in [1.54, 1.807) is 23.1 Å². The largest absolute Gasteiger partial charge is 0.398 e. The number of fused-ring (bicyclic) bond motifs is 1. The number of nitrogen functional groups attached to an aromatic ring is 1. The summed E-state index contributed by atoms with van der Waals surface area (Å²) in [5.74, 6) is -0.768. The second-order valence-corrected chi connectivity index (χ2v) is 5.37. The quantitative estimate of drug-likeness (QED) is 0.660. The van der Waals surface area contributed by atoms with Crippen LogP contribution in [0.2, 0.25) is 0 Å². The maximum absolute atomic E-state index is 12.3. The lowest BCUT2D eigenvalue weighted by Gasteiger charge is -2.18. The van der Waals surface area contributed by atoms with Gasteiger partial charge in [-0.3, -0.25) is 19.3 Å². The Hall–Kier alpha value is -2.37. The summed E-state index contributed by atoms with van der Waals surface area (Å²) in [5, 5.41) is 0. The summed E-state index contributed by atoms with van der Waals surface area (Å²) in [5.41, 5.74) is 6.66. The van der Waals surface area contributed by atoms with Crippen molar-refractivity contribution in [1.82, 2.24) is 9.80 Å². The standard InChI is InChI=1S/C15H17N3O3/c16-11-5-3-4-10-13(11)15(21)18(14(10)20)9-6-12(19)17-7-1-2-8-17/h3-5H,1-2,6-9,16H2. The second kappa shape index (κ2) is 5.20. The molecule has 0 spiro atoms. The van der Waals surface area contributed by atoms with Gasteiger partial charge in [0.2, 0.25) is 5.91 Å². The van der Waals surface area contributed by atoms with E-state index >= 15 is 0 Å². The molecule has 1 aromatic carbocycles. The average Bonchev–Trinajstić information content (AvgIpc) is 3.07. The summed E-state index contributed by atoms with van der Waals surface area (Å²) in [4.78, 5) is 39.4. The first-order valence-electron chi connectivity index (χ1n) is 7.12. The van der Waals surface area contributed by atoms with E-state index in [-0.39, 0.29) is 30.3 Å². The van der Waals surface area contributed by atoms with Crippen LogP contribution in [0.3, 0.4) is 0 Å². The molecule has 21 heavy (non-hydrogen) atoms. The zero-order valence-electron chi connectivity index (χ0n) is 11.7. The molecule has 0 atom stereocenters. The van der Waals surface area contributed by atoms with Crippen LogP contribution in [0.4, 0.5) is 5.69 Å². The Labute approximate surface area is 122 Å². The van der Waals surface area contributed by atoms with Crippen LogP contribution in [-0.2, 0) is 4.79 Å². The highest BCUT2D eigenvalue weighted by Crippen LogP contribution is 2.27. The summed E-state index contributed by atoms with van der Waals surface area (Å²) in [6, 6.07) is 4.84. The molecule has 1 saturated heterocycles. The van der Waals surface area contributed by atoms with E-state index in [1.807, 2.05) is 0 Å². The van der Waals surface area contributed by atoms with Crippen molar-refractivity contribution in [3.05, 3.63) is 29.3 Å². The van der Waals surface area contributed by atoms with Crippen LogP contribution in [0.5, 0.6) is 0 Å². The Balaban J connectivity index is 1.70. The molecule has 0 radical (unpaired) electrons. The summed E-state index contributed by atoms with van der Waals surface area (Å²) in [6.07, 6.45) is 2.22. The molecule has 0 aliphatic carbocycles. The summed E-state index contributed by atoms with van der Waals surface area (Å²) >= 11 is 0. The van der Waals surface area contributed by atoms with Crippen molar-refractivity contribution in [3.8, 4) is 0 Å². The van der Waals surface area contributed by atoms with E-state index < -0.39 is 5.91 Å². The Morgan fingerprint density at radius 1 is 1.14 bits per heavy atom. The molecule has 1 aromatic rings. The van der Waals surface area contributed by atoms with Crippen LogP contribution in [0.15, 0.2) is 18.2 Å². The van der Waals surface area contributed by atoms with Gasteiger partial charge in [0.1, 0.15) is 0 Å². The zero-order valence-corrected chi connectivity index (χ0v) is 11.7. The Morgan fingerprint density at radius 3 is 2.52 bits per heavy atom. The van der Waals surface area contributed by atoms with Crippen LogP contribution in [-0.4, -0.2) is 47.2 Å². The number of carbonyl (C=O) groups is 3. The number of rotatable bonds is 3. The molecule has 3 rings (SSSR count). The molecule has 0 unspecified atom stereocenters. The number of benzene rings is 1. The smallest absolute Gasteiger partial charge is 0.263 e. The van der Waals surface area contributed by atoms with E-state index in [0.717, 1.165) is 30.8 Å². The van der Waals surface area contributed by atoms with Crippen molar-refractivity contribution in [2.45, 2.75) is 19.3 Å². The number of carbonyl (C=O) groups excluding carboxylic acids is 3. The zero-order chi connectivity index (χ0) is 15.0. The molecule has 2 heterocycles. The Bertz CT molecular complexity index is 621. The second-order valence-electron chi connectivity index (χ2n) is 5.37. The first kappa shape index (κ1) is 13.6. The SMILES string of the molecule is Nc1cccc2c1C(=O)N(CCC(=O)N1CCCC1)C2=O. The van der Waals surface area contributed by atoms with E-state index in [9.17, 15) is 14.4 Å². The van der Waals surface area contributed by atoms with Gasteiger partial charge in [-0.15, -0.1) is 0 Å². The fourth-order valence-corrected chi connectivity index (χ4v) is 2.89. The fourth-order valence-electron chi connectivity index (χ4n) is 2.89. The molecule has 0 saturated carbocycles. The summed E-state index contributed by atoms with van der Waals surface area (Å²) < 4.78 is 0. The van der Waals surface area contributed by atoms with E-state index in [0.29, 0.717) is 11.3 Å². The molecule has 0 bridgehead atoms. The van der Waals surface area contributed by atoms with Gasteiger partial charge in [0, 0.05) is 31.7 Å². The molecule has 110 valence electrons. The van der Waals surface area contributed by atoms with Crippen LogP contribution >= 0.6 is 0 Å². The number of likely N-dealkylation sites (tertiary alicyclic amines) is 1. The number of hydrogen-bond acceptors (Lipinski definition) is 4. The minimum atomic E-state index is -0.401. The lowest BCUT2D eigenvalue weighted by atomic mass is 10.1. The molecule has 6 heteroatoms. The topological polar surface area (TPSA) is 83.7 Å². The summed E-state index contributed by atoms with van der Waals surface area (Å²) in [6.45, 7) is 1.66. The highest BCUT2D eigenvalue weighted by Gasteiger charge is 2.37. The minimum Gasteiger partial charge on any atom is -0.398 e. The number of anilines is 1. The van der Waals surface area contributed by atoms with E-state index in [4.69, 9.17) is 5.73 Å². The van der Waals surface area contributed by atoms with Crippen molar-refractivity contribution in [2.24, 2.45) is 0 Å². The number of nitrogens with two attached hydrogens (primary N) is 1. The molecule has 2 N–H and O–H groups in total. The van der Waals surface area contributed by atoms with Crippen LogP contribution in [0.1, 0.15) is 40.0 Å².